The van der Waals surface area contributed by atoms with Gasteiger partial charge in [0.05, 0.1) is 21.7 Å². The summed E-state index contributed by atoms with van der Waals surface area (Å²) in [6.45, 7) is 3.49. The Morgan fingerprint density at radius 2 is 1.97 bits per heavy atom. The largest absolute Gasteiger partial charge is 0.380 e. The average molecular weight is 431 g/mol. The topological polar surface area (TPSA) is 77.7 Å². The van der Waals surface area contributed by atoms with Crippen LogP contribution >= 0.6 is 11.3 Å². The van der Waals surface area contributed by atoms with Crippen molar-refractivity contribution in [2.24, 2.45) is 4.99 Å². The molecule has 0 saturated carbocycles. The highest BCUT2D eigenvalue weighted by atomic mass is 32.2. The van der Waals surface area contributed by atoms with Crippen LogP contribution in [-0.2, 0) is 25.9 Å². The van der Waals surface area contributed by atoms with Crippen molar-refractivity contribution >= 4 is 43.4 Å². The zero-order valence-electron chi connectivity index (χ0n) is 16.2. The fourth-order valence-electron chi connectivity index (χ4n) is 2.75. The lowest BCUT2D eigenvalue weighted by molar-refractivity contribution is -0.113. The Balaban J connectivity index is 2.01. The summed E-state index contributed by atoms with van der Waals surface area (Å²) in [5.74, 6) is -0.381. The summed E-state index contributed by atoms with van der Waals surface area (Å²) in [6, 6.07) is 14.4. The number of rotatable bonds is 7. The molecule has 3 rings (SSSR count). The molecule has 1 heterocycles. The molecule has 8 heteroatoms. The summed E-state index contributed by atoms with van der Waals surface area (Å²) in [7, 11) is -3.32. The standard InChI is InChI=1S/C21H22N2O4S2/c1-3-27-14-13-23-18-11-10-17(29(2,25)26)15-19(18)28-21(23)22-20(24)12-9-16-7-5-4-6-8-16/h4-12,15H,3,13-14H2,1-2H3/b12-9+,22-21?. The molecule has 0 fully saturated rings. The zero-order chi connectivity index (χ0) is 20.9. The van der Waals surface area contributed by atoms with Gasteiger partial charge in [-0.25, -0.2) is 8.42 Å². The minimum atomic E-state index is -3.32. The predicted octanol–water partition coefficient (Wildman–Crippen LogP) is 3.28. The van der Waals surface area contributed by atoms with Crippen LogP contribution in [0.2, 0.25) is 0 Å². The van der Waals surface area contributed by atoms with Gasteiger partial charge in [0.1, 0.15) is 0 Å². The molecule has 2 aromatic carbocycles. The highest BCUT2D eigenvalue weighted by molar-refractivity contribution is 7.90. The molecule has 0 atom stereocenters. The van der Waals surface area contributed by atoms with E-state index in [9.17, 15) is 13.2 Å². The normalized spacial score (nSPS) is 12.8. The van der Waals surface area contributed by atoms with Gasteiger partial charge in [0, 0.05) is 25.5 Å². The molecule has 0 aliphatic carbocycles. The lowest BCUT2D eigenvalue weighted by Gasteiger charge is -2.05. The van der Waals surface area contributed by atoms with Crippen LogP contribution in [0.15, 0.2) is 64.5 Å². The van der Waals surface area contributed by atoms with E-state index < -0.39 is 9.84 Å². The highest BCUT2D eigenvalue weighted by Crippen LogP contribution is 2.22. The molecular formula is C21H22N2O4S2. The highest BCUT2D eigenvalue weighted by Gasteiger charge is 2.12. The predicted molar refractivity (Wildman–Crippen MR) is 115 cm³/mol. The van der Waals surface area contributed by atoms with Gasteiger partial charge in [-0.15, -0.1) is 0 Å². The molecule has 3 aromatic rings. The molecule has 0 aliphatic heterocycles. The molecule has 0 bridgehead atoms. The number of carbonyl (C=O) groups excluding carboxylic acids is 1. The lowest BCUT2D eigenvalue weighted by atomic mass is 10.2. The summed E-state index contributed by atoms with van der Waals surface area (Å²) < 4.78 is 31.8. The van der Waals surface area contributed by atoms with E-state index in [1.54, 1.807) is 24.3 Å². The first-order valence-corrected chi connectivity index (χ1v) is 11.8. The van der Waals surface area contributed by atoms with Crippen LogP contribution in [0.3, 0.4) is 0 Å². The van der Waals surface area contributed by atoms with Crippen molar-refractivity contribution in [3.05, 3.63) is 65.0 Å². The number of aromatic nitrogens is 1. The quantitative estimate of drug-likeness (QED) is 0.426. The second-order valence-electron chi connectivity index (χ2n) is 6.33. The molecule has 0 N–H and O–H groups in total. The molecule has 0 radical (unpaired) electrons. The maximum atomic E-state index is 12.4. The number of ether oxygens (including phenoxy) is 1. The molecule has 0 unspecified atom stereocenters. The van der Waals surface area contributed by atoms with E-state index in [2.05, 4.69) is 4.99 Å². The number of sulfone groups is 1. The third-order valence-corrected chi connectivity index (χ3v) is 6.32. The van der Waals surface area contributed by atoms with Gasteiger partial charge in [-0.1, -0.05) is 41.7 Å². The van der Waals surface area contributed by atoms with Crippen LogP contribution < -0.4 is 4.80 Å². The van der Waals surface area contributed by atoms with Gasteiger partial charge < -0.3 is 9.30 Å². The van der Waals surface area contributed by atoms with Crippen molar-refractivity contribution in [2.75, 3.05) is 19.5 Å². The fraction of sp³-hybridized carbons (Fsp3) is 0.238. The first-order valence-electron chi connectivity index (χ1n) is 9.11. The SMILES string of the molecule is CCOCCn1c(=NC(=O)/C=C/c2ccccc2)sc2cc(S(C)(=O)=O)ccc21. The summed E-state index contributed by atoms with van der Waals surface area (Å²) in [4.78, 5) is 17.4. The molecule has 1 aromatic heterocycles. The van der Waals surface area contributed by atoms with Crippen molar-refractivity contribution in [3.63, 3.8) is 0 Å². The summed E-state index contributed by atoms with van der Waals surface area (Å²) >= 11 is 1.28. The molecule has 0 spiro atoms. The van der Waals surface area contributed by atoms with Gasteiger partial charge in [0.15, 0.2) is 14.6 Å². The Morgan fingerprint density at radius 3 is 2.66 bits per heavy atom. The first kappa shape index (κ1) is 21.2. The summed E-state index contributed by atoms with van der Waals surface area (Å²) in [5, 5.41) is 0. The van der Waals surface area contributed by atoms with Crippen molar-refractivity contribution in [3.8, 4) is 0 Å². The van der Waals surface area contributed by atoms with E-state index in [1.165, 1.54) is 23.7 Å². The van der Waals surface area contributed by atoms with E-state index in [1.807, 2.05) is 41.8 Å². The zero-order valence-corrected chi connectivity index (χ0v) is 17.9. The number of carbonyl (C=O) groups is 1. The Morgan fingerprint density at radius 1 is 1.21 bits per heavy atom. The van der Waals surface area contributed by atoms with Gasteiger partial charge in [0.2, 0.25) is 0 Å². The van der Waals surface area contributed by atoms with Crippen LogP contribution in [-0.4, -0.2) is 38.4 Å². The van der Waals surface area contributed by atoms with E-state index >= 15 is 0 Å². The minimum Gasteiger partial charge on any atom is -0.380 e. The average Bonchev–Trinajstić information content (AvgIpc) is 3.03. The van der Waals surface area contributed by atoms with Crippen LogP contribution in [0.1, 0.15) is 12.5 Å². The van der Waals surface area contributed by atoms with Crippen molar-refractivity contribution in [1.29, 1.82) is 0 Å². The maximum Gasteiger partial charge on any atom is 0.272 e. The van der Waals surface area contributed by atoms with Crippen molar-refractivity contribution in [1.82, 2.24) is 4.57 Å². The van der Waals surface area contributed by atoms with Crippen LogP contribution in [0, 0.1) is 0 Å². The molecule has 0 aliphatic rings. The second kappa shape index (κ2) is 9.30. The monoisotopic (exact) mass is 430 g/mol. The lowest BCUT2D eigenvalue weighted by Crippen LogP contribution is -2.19. The summed E-state index contributed by atoms with van der Waals surface area (Å²) in [5.41, 5.74) is 1.73. The van der Waals surface area contributed by atoms with Gasteiger partial charge in [0.25, 0.3) is 5.91 Å². The maximum absolute atomic E-state index is 12.4. The summed E-state index contributed by atoms with van der Waals surface area (Å²) in [6.07, 6.45) is 4.31. The van der Waals surface area contributed by atoms with Crippen LogP contribution in [0.4, 0.5) is 0 Å². The molecular weight excluding hydrogens is 408 g/mol. The van der Waals surface area contributed by atoms with Crippen molar-refractivity contribution in [2.45, 2.75) is 18.4 Å². The molecule has 152 valence electrons. The van der Waals surface area contributed by atoms with Gasteiger partial charge in [-0.05, 0) is 36.8 Å². The van der Waals surface area contributed by atoms with Crippen LogP contribution in [0.25, 0.3) is 16.3 Å². The Labute approximate surface area is 173 Å². The van der Waals surface area contributed by atoms with Crippen LogP contribution in [0.5, 0.6) is 0 Å². The number of benzene rings is 2. The van der Waals surface area contributed by atoms with E-state index in [-0.39, 0.29) is 10.8 Å². The first-order chi connectivity index (χ1) is 13.9. The molecule has 0 saturated heterocycles. The van der Waals surface area contributed by atoms with Crippen molar-refractivity contribution < 1.29 is 17.9 Å². The second-order valence-corrected chi connectivity index (χ2v) is 9.35. The molecule has 6 nitrogen and oxygen atoms in total. The number of amides is 1. The number of fused-ring (bicyclic) bond motifs is 1. The number of nitrogens with zero attached hydrogens (tertiary/aromatic N) is 2. The number of hydrogen-bond acceptors (Lipinski definition) is 5. The van der Waals surface area contributed by atoms with Gasteiger partial charge in [-0.3, -0.25) is 4.79 Å². The van der Waals surface area contributed by atoms with Gasteiger partial charge in [-0.2, -0.15) is 4.99 Å². The molecule has 29 heavy (non-hydrogen) atoms. The Bertz CT molecular complexity index is 1210. The van der Waals surface area contributed by atoms with E-state index in [0.29, 0.717) is 24.6 Å². The third kappa shape index (κ3) is 5.50. The number of thiazole rings is 1. The Kier molecular flexibility index (Phi) is 6.79. The Hall–Kier alpha value is -2.55. The minimum absolute atomic E-state index is 0.241. The smallest absolute Gasteiger partial charge is 0.272 e. The third-order valence-electron chi connectivity index (χ3n) is 4.17. The molecule has 1 amide bonds. The van der Waals surface area contributed by atoms with E-state index in [0.717, 1.165) is 15.8 Å². The fourth-order valence-corrected chi connectivity index (χ4v) is 4.57. The van der Waals surface area contributed by atoms with E-state index in [4.69, 9.17) is 4.74 Å². The number of hydrogen-bond donors (Lipinski definition) is 0. The van der Waals surface area contributed by atoms with Gasteiger partial charge >= 0.3 is 0 Å².